The van der Waals surface area contributed by atoms with Crippen molar-refractivity contribution in [3.8, 4) is 11.5 Å². The molecule has 0 atom stereocenters. The van der Waals surface area contributed by atoms with Crippen molar-refractivity contribution in [2.45, 2.75) is 13.5 Å². The largest absolute Gasteiger partial charge is 0.504 e. The van der Waals surface area contributed by atoms with Gasteiger partial charge in [0, 0.05) is 44.0 Å². The van der Waals surface area contributed by atoms with Gasteiger partial charge in [-0.15, -0.1) is 24.0 Å². The van der Waals surface area contributed by atoms with Gasteiger partial charge in [0.1, 0.15) is 5.82 Å². The van der Waals surface area contributed by atoms with Crippen LogP contribution in [0, 0.1) is 5.82 Å². The molecule has 1 aliphatic heterocycles. The summed E-state index contributed by atoms with van der Waals surface area (Å²) in [6.07, 6.45) is 0. The number of anilines is 1. The number of halogens is 2. The van der Waals surface area contributed by atoms with Crippen molar-refractivity contribution in [1.82, 2.24) is 10.2 Å². The highest BCUT2D eigenvalue weighted by Crippen LogP contribution is 2.29. The fraction of sp³-hybridized carbons (Fsp3) is 0.381. The van der Waals surface area contributed by atoms with Crippen LogP contribution < -0.4 is 15.0 Å². The molecule has 0 aliphatic carbocycles. The van der Waals surface area contributed by atoms with E-state index in [-0.39, 0.29) is 35.5 Å². The predicted molar refractivity (Wildman–Crippen MR) is 125 cm³/mol. The smallest absolute Gasteiger partial charge is 0.194 e. The molecule has 2 N–H and O–H groups in total. The Balaban J connectivity index is 0.00000300. The number of hydrogen-bond donors (Lipinski definition) is 2. The van der Waals surface area contributed by atoms with Crippen molar-refractivity contribution in [2.75, 3.05) is 44.7 Å². The second-order valence-corrected chi connectivity index (χ2v) is 6.59. The fourth-order valence-corrected chi connectivity index (χ4v) is 3.27. The lowest BCUT2D eigenvalue weighted by molar-refractivity contribution is 0.368. The van der Waals surface area contributed by atoms with Crippen molar-refractivity contribution >= 4 is 35.6 Å². The summed E-state index contributed by atoms with van der Waals surface area (Å²) in [7, 11) is 1.53. The van der Waals surface area contributed by atoms with E-state index in [4.69, 9.17) is 9.73 Å². The van der Waals surface area contributed by atoms with E-state index in [1.807, 2.05) is 31.2 Å². The summed E-state index contributed by atoms with van der Waals surface area (Å²) >= 11 is 0. The Kier molecular flexibility index (Phi) is 8.81. The maximum atomic E-state index is 13.1. The highest BCUT2D eigenvalue weighted by atomic mass is 127. The van der Waals surface area contributed by atoms with Gasteiger partial charge in [-0.1, -0.05) is 12.1 Å². The summed E-state index contributed by atoms with van der Waals surface area (Å²) < 4.78 is 18.3. The van der Waals surface area contributed by atoms with Crippen molar-refractivity contribution in [3.05, 3.63) is 53.8 Å². The number of rotatable bonds is 5. The number of piperazine rings is 1. The third-order valence-corrected chi connectivity index (χ3v) is 4.81. The fourth-order valence-electron chi connectivity index (χ4n) is 3.27. The van der Waals surface area contributed by atoms with E-state index in [2.05, 4.69) is 15.1 Å². The van der Waals surface area contributed by atoms with Gasteiger partial charge in [-0.25, -0.2) is 9.38 Å². The standard InChI is InChI=1S/C21H27FN4O2.HI/c1-3-23-21(24-15-16-5-4-6-19(28-2)20(16)27)26-13-11-25(12-14-26)18-9-7-17(22)8-10-18;/h4-10,27H,3,11-15H2,1-2H3,(H,23,24);1H. The Morgan fingerprint density at radius 2 is 1.83 bits per heavy atom. The second-order valence-electron chi connectivity index (χ2n) is 6.59. The van der Waals surface area contributed by atoms with E-state index in [1.165, 1.54) is 19.2 Å². The van der Waals surface area contributed by atoms with Gasteiger partial charge < -0.3 is 25.0 Å². The first-order chi connectivity index (χ1) is 13.6. The number of para-hydroxylation sites is 1. The Morgan fingerprint density at radius 3 is 2.45 bits per heavy atom. The quantitative estimate of drug-likeness (QED) is 0.364. The van der Waals surface area contributed by atoms with Crippen molar-refractivity contribution in [3.63, 3.8) is 0 Å². The summed E-state index contributed by atoms with van der Waals surface area (Å²) in [5.41, 5.74) is 1.75. The van der Waals surface area contributed by atoms with Gasteiger partial charge in [-0.2, -0.15) is 0 Å². The number of nitrogens with one attached hydrogen (secondary N) is 1. The van der Waals surface area contributed by atoms with Crippen LogP contribution in [0.4, 0.5) is 10.1 Å². The molecule has 1 saturated heterocycles. The molecular weight excluding hydrogens is 486 g/mol. The molecule has 1 fully saturated rings. The molecule has 2 aromatic carbocycles. The van der Waals surface area contributed by atoms with E-state index in [0.29, 0.717) is 12.3 Å². The van der Waals surface area contributed by atoms with Gasteiger partial charge in [0.05, 0.1) is 13.7 Å². The number of hydrogen-bond acceptors (Lipinski definition) is 4. The number of methoxy groups -OCH3 is 1. The first-order valence-electron chi connectivity index (χ1n) is 9.51. The number of aromatic hydroxyl groups is 1. The molecule has 0 amide bonds. The lowest BCUT2D eigenvalue weighted by Crippen LogP contribution is -2.52. The third-order valence-electron chi connectivity index (χ3n) is 4.81. The van der Waals surface area contributed by atoms with Crippen LogP contribution in [0.1, 0.15) is 12.5 Å². The van der Waals surface area contributed by atoms with Gasteiger partial charge >= 0.3 is 0 Å². The van der Waals surface area contributed by atoms with Crippen molar-refractivity contribution in [2.24, 2.45) is 4.99 Å². The second kappa shape index (κ2) is 11.1. The maximum Gasteiger partial charge on any atom is 0.194 e. The number of phenolic OH excluding ortho intramolecular Hbond substituents is 1. The van der Waals surface area contributed by atoms with E-state index >= 15 is 0 Å². The van der Waals surface area contributed by atoms with Crippen molar-refractivity contribution in [1.29, 1.82) is 0 Å². The Hall–Kier alpha value is -2.23. The lowest BCUT2D eigenvalue weighted by atomic mass is 10.2. The zero-order valence-electron chi connectivity index (χ0n) is 16.8. The Labute approximate surface area is 188 Å². The first-order valence-corrected chi connectivity index (χ1v) is 9.51. The van der Waals surface area contributed by atoms with Crippen LogP contribution in [0.15, 0.2) is 47.5 Å². The van der Waals surface area contributed by atoms with Gasteiger partial charge in [0.15, 0.2) is 17.5 Å². The molecule has 6 nitrogen and oxygen atoms in total. The summed E-state index contributed by atoms with van der Waals surface area (Å²) in [5.74, 6) is 1.18. The first kappa shape index (κ1) is 23.1. The van der Waals surface area contributed by atoms with Crippen molar-refractivity contribution < 1.29 is 14.2 Å². The van der Waals surface area contributed by atoms with Crippen LogP contribution in [0.25, 0.3) is 0 Å². The number of nitrogens with zero attached hydrogens (tertiary/aromatic N) is 3. The molecule has 0 spiro atoms. The Morgan fingerprint density at radius 1 is 1.14 bits per heavy atom. The van der Waals surface area contributed by atoms with Crippen LogP contribution in [-0.4, -0.2) is 55.8 Å². The summed E-state index contributed by atoms with van der Waals surface area (Å²) in [4.78, 5) is 9.15. The SMILES string of the molecule is CCNC(=NCc1cccc(OC)c1O)N1CCN(c2ccc(F)cc2)CC1.I. The van der Waals surface area contributed by atoms with Crippen LogP contribution >= 0.6 is 24.0 Å². The molecule has 3 rings (SSSR count). The van der Waals surface area contributed by atoms with E-state index in [0.717, 1.165) is 49.9 Å². The van der Waals surface area contributed by atoms with Gasteiger partial charge in [-0.05, 0) is 37.3 Å². The maximum absolute atomic E-state index is 13.1. The van der Waals surface area contributed by atoms with E-state index in [9.17, 15) is 9.50 Å². The van der Waals surface area contributed by atoms with Crippen LogP contribution in [-0.2, 0) is 6.54 Å². The minimum atomic E-state index is -0.218. The molecule has 158 valence electrons. The molecule has 0 bridgehead atoms. The average Bonchev–Trinajstić information content (AvgIpc) is 2.73. The van der Waals surface area contributed by atoms with E-state index in [1.54, 1.807) is 6.07 Å². The van der Waals surface area contributed by atoms with Crippen LogP contribution in [0.3, 0.4) is 0 Å². The molecular formula is C21H28FIN4O2. The van der Waals surface area contributed by atoms with E-state index < -0.39 is 0 Å². The highest BCUT2D eigenvalue weighted by molar-refractivity contribution is 14.0. The minimum absolute atomic E-state index is 0. The molecule has 0 aromatic heterocycles. The lowest BCUT2D eigenvalue weighted by Gasteiger charge is -2.37. The molecule has 0 saturated carbocycles. The Bertz CT molecular complexity index is 809. The predicted octanol–water partition coefficient (Wildman–Crippen LogP) is 3.45. The molecule has 1 heterocycles. The topological polar surface area (TPSA) is 60.3 Å². The van der Waals surface area contributed by atoms with Crippen LogP contribution in [0.2, 0.25) is 0 Å². The summed E-state index contributed by atoms with van der Waals surface area (Å²) in [5, 5.41) is 13.6. The molecule has 8 heteroatoms. The normalized spacial score (nSPS) is 14.4. The molecule has 0 unspecified atom stereocenters. The number of guanidine groups is 1. The molecule has 2 aromatic rings. The monoisotopic (exact) mass is 514 g/mol. The van der Waals surface area contributed by atoms with Crippen LogP contribution in [0.5, 0.6) is 11.5 Å². The minimum Gasteiger partial charge on any atom is -0.504 e. The molecule has 29 heavy (non-hydrogen) atoms. The number of benzene rings is 2. The van der Waals surface area contributed by atoms with Gasteiger partial charge in [0.2, 0.25) is 0 Å². The van der Waals surface area contributed by atoms with Gasteiger partial charge in [0.25, 0.3) is 0 Å². The zero-order valence-corrected chi connectivity index (χ0v) is 19.1. The number of aliphatic imine (C=N–C) groups is 1. The zero-order chi connectivity index (χ0) is 19.9. The highest BCUT2D eigenvalue weighted by Gasteiger charge is 2.20. The van der Waals surface area contributed by atoms with Gasteiger partial charge in [-0.3, -0.25) is 0 Å². The summed E-state index contributed by atoms with van der Waals surface area (Å²) in [6, 6.07) is 12.0. The number of phenols is 1. The average molecular weight is 514 g/mol. The molecule has 1 aliphatic rings. The summed E-state index contributed by atoms with van der Waals surface area (Å²) in [6.45, 7) is 6.46. The molecule has 0 radical (unpaired) electrons. The number of ether oxygens (including phenoxy) is 1. The third kappa shape index (κ3) is 5.88.